The fraction of sp³-hybridized carbons (Fsp3) is 0.357. The number of aromatic nitrogens is 4. The molecule has 2 aromatic heterocycles. The first-order valence-electron chi connectivity index (χ1n) is 13.0. The van der Waals surface area contributed by atoms with Crippen molar-refractivity contribution in [3.63, 3.8) is 0 Å². The third kappa shape index (κ3) is 4.26. The Morgan fingerprint density at radius 1 is 1.05 bits per heavy atom. The average Bonchev–Trinajstić information content (AvgIpc) is 3.46. The van der Waals surface area contributed by atoms with E-state index in [-0.39, 0.29) is 23.2 Å². The number of anilines is 2. The Morgan fingerprint density at radius 2 is 1.79 bits per heavy atom. The number of amides is 1. The Balaban J connectivity index is 1.40. The minimum absolute atomic E-state index is 0.0242. The van der Waals surface area contributed by atoms with E-state index >= 15 is 0 Å². The van der Waals surface area contributed by atoms with Gasteiger partial charge in [-0.2, -0.15) is 14.9 Å². The van der Waals surface area contributed by atoms with E-state index in [1.807, 2.05) is 16.9 Å². The van der Waals surface area contributed by atoms with Gasteiger partial charge in [-0.1, -0.05) is 13.0 Å². The van der Waals surface area contributed by atoms with Crippen molar-refractivity contribution in [3.8, 4) is 5.69 Å². The third-order valence-electron chi connectivity index (χ3n) is 8.06. The molecule has 1 saturated carbocycles. The molecule has 0 unspecified atom stereocenters. The van der Waals surface area contributed by atoms with Crippen molar-refractivity contribution >= 4 is 28.2 Å². The molecule has 1 aliphatic heterocycles. The summed E-state index contributed by atoms with van der Waals surface area (Å²) in [7, 11) is 0. The summed E-state index contributed by atoms with van der Waals surface area (Å²) in [6.07, 6.45) is 5.30. The number of benzene rings is 2. The average molecular weight is 534 g/mol. The van der Waals surface area contributed by atoms with Gasteiger partial charge in [0, 0.05) is 36.8 Å². The van der Waals surface area contributed by atoms with E-state index in [9.17, 15) is 18.4 Å². The quantitative estimate of drug-likeness (QED) is 0.404. The molecule has 0 bridgehead atoms. The largest absolute Gasteiger partial charge is 0.367 e. The molecule has 4 aromatic rings. The smallest absolute Gasteiger partial charge is 0.276 e. The molecule has 2 fully saturated rings. The van der Waals surface area contributed by atoms with Crippen LogP contribution in [0.25, 0.3) is 16.6 Å². The normalized spacial score (nSPS) is 20.3. The molecule has 3 heterocycles. The summed E-state index contributed by atoms with van der Waals surface area (Å²) in [5, 5.41) is 12.6. The Morgan fingerprint density at radius 3 is 2.44 bits per heavy atom. The molecule has 0 radical (unpaired) electrons. The maximum atomic E-state index is 14.4. The number of nitrogens with two attached hydrogens (primary N) is 1. The number of para-hydroxylation sites is 1. The monoisotopic (exact) mass is 533 g/mol. The van der Waals surface area contributed by atoms with E-state index in [1.54, 1.807) is 6.07 Å². The molecule has 0 spiro atoms. The highest BCUT2D eigenvalue weighted by molar-refractivity contribution is 6.08. The third-order valence-corrected chi connectivity index (χ3v) is 8.06. The lowest BCUT2D eigenvalue weighted by Crippen LogP contribution is -2.37. The van der Waals surface area contributed by atoms with Gasteiger partial charge in [-0.15, -0.1) is 0 Å². The van der Waals surface area contributed by atoms with Gasteiger partial charge >= 0.3 is 0 Å². The van der Waals surface area contributed by atoms with E-state index in [0.29, 0.717) is 23.5 Å². The number of rotatable bonds is 5. The molecule has 11 heteroatoms. The number of carbonyl (C=O) groups excluding carboxylic acids is 1. The highest BCUT2D eigenvalue weighted by atomic mass is 19.1. The predicted octanol–water partition coefficient (Wildman–Crippen LogP) is 3.80. The van der Waals surface area contributed by atoms with Crippen molar-refractivity contribution in [2.75, 3.05) is 23.3 Å². The van der Waals surface area contributed by atoms with Gasteiger partial charge in [0.2, 0.25) is 0 Å². The molecule has 2 aliphatic rings. The van der Waals surface area contributed by atoms with Gasteiger partial charge in [0.05, 0.1) is 22.4 Å². The first-order valence-corrected chi connectivity index (χ1v) is 13.0. The van der Waals surface area contributed by atoms with Gasteiger partial charge in [0.15, 0.2) is 11.6 Å². The van der Waals surface area contributed by atoms with Crippen LogP contribution in [0.2, 0.25) is 0 Å². The molecular formula is C28H29F2N7O2. The molecule has 1 amide bonds. The zero-order valence-electron chi connectivity index (χ0n) is 21.7. The first-order chi connectivity index (χ1) is 18.6. The molecule has 202 valence electrons. The molecule has 1 aliphatic carbocycles. The Bertz CT molecular complexity index is 1630. The van der Waals surface area contributed by atoms with Crippen LogP contribution in [-0.2, 0) is 5.54 Å². The predicted molar refractivity (Wildman–Crippen MR) is 144 cm³/mol. The maximum absolute atomic E-state index is 14.4. The lowest BCUT2D eigenvalue weighted by molar-refractivity contribution is 0.102. The number of hydrogen-bond donors (Lipinski definition) is 2. The fourth-order valence-electron chi connectivity index (χ4n) is 5.46. The highest BCUT2D eigenvalue weighted by Gasteiger charge is 2.36. The number of nitrogens with zero attached hydrogens (tertiary/aromatic N) is 5. The van der Waals surface area contributed by atoms with Crippen molar-refractivity contribution in [1.82, 2.24) is 19.6 Å². The van der Waals surface area contributed by atoms with E-state index < -0.39 is 28.8 Å². The Kier molecular flexibility index (Phi) is 5.98. The number of hydrogen-bond acceptors (Lipinski definition) is 6. The minimum atomic E-state index is -0.966. The van der Waals surface area contributed by atoms with E-state index in [4.69, 9.17) is 10.8 Å². The van der Waals surface area contributed by atoms with Gasteiger partial charge < -0.3 is 16.0 Å². The second kappa shape index (κ2) is 9.26. The summed E-state index contributed by atoms with van der Waals surface area (Å²) >= 11 is 0. The molecule has 2 aromatic carbocycles. The Labute approximate surface area is 223 Å². The number of carbonyl (C=O) groups is 1. The molecule has 6 rings (SSSR count). The Hall–Kier alpha value is -4.12. The summed E-state index contributed by atoms with van der Waals surface area (Å²) in [6, 6.07) is 9.14. The van der Waals surface area contributed by atoms with Crippen LogP contribution in [-0.4, -0.2) is 44.6 Å². The van der Waals surface area contributed by atoms with Gasteiger partial charge in [0.1, 0.15) is 11.4 Å². The zero-order valence-corrected chi connectivity index (χ0v) is 21.7. The lowest BCUT2D eigenvalue weighted by Gasteiger charge is -2.38. The highest BCUT2D eigenvalue weighted by Crippen LogP contribution is 2.42. The molecule has 9 nitrogen and oxygen atoms in total. The molecule has 1 saturated heterocycles. The second-order valence-electron chi connectivity index (χ2n) is 10.9. The van der Waals surface area contributed by atoms with Crippen LogP contribution in [0, 0.1) is 17.6 Å². The van der Waals surface area contributed by atoms with Gasteiger partial charge in [-0.25, -0.2) is 8.78 Å². The standard InChI is InChI=1S/C28H29F2N7O2/c1-16-13-35(15-20(16)31)25-17-14-36(28(2)11-4-12-28)33-21(17)7-8-22(25)32-27(39)23-9-10-24(38)37(34-23)26-18(29)5-3-6-19(26)30/h3,5-10,14,16,20H,4,11-13,15,31H2,1-2H3,(H,32,39)/t16-,20+/m1/s1. The van der Waals surface area contributed by atoms with Crippen molar-refractivity contribution in [1.29, 1.82) is 0 Å². The van der Waals surface area contributed by atoms with E-state index in [1.165, 1.54) is 12.1 Å². The van der Waals surface area contributed by atoms with Crippen LogP contribution in [0.1, 0.15) is 43.6 Å². The topological polar surface area (TPSA) is 111 Å². The van der Waals surface area contributed by atoms with Crippen LogP contribution in [0.15, 0.2) is 53.5 Å². The van der Waals surface area contributed by atoms with Crippen LogP contribution >= 0.6 is 0 Å². The van der Waals surface area contributed by atoms with Crippen molar-refractivity contribution in [2.24, 2.45) is 11.7 Å². The van der Waals surface area contributed by atoms with E-state index in [0.717, 1.165) is 54.1 Å². The molecule has 2 atom stereocenters. The zero-order chi connectivity index (χ0) is 27.5. The minimum Gasteiger partial charge on any atom is -0.367 e. The summed E-state index contributed by atoms with van der Waals surface area (Å²) in [5.41, 5.74) is 6.89. The van der Waals surface area contributed by atoms with Crippen molar-refractivity contribution in [3.05, 3.63) is 76.3 Å². The van der Waals surface area contributed by atoms with Crippen molar-refractivity contribution in [2.45, 2.75) is 44.7 Å². The van der Waals surface area contributed by atoms with E-state index in [2.05, 4.69) is 29.2 Å². The number of fused-ring (bicyclic) bond motifs is 1. The number of nitrogens with one attached hydrogen (secondary N) is 1. The molecule has 3 N–H and O–H groups in total. The van der Waals surface area contributed by atoms with Crippen LogP contribution < -0.4 is 21.5 Å². The van der Waals surface area contributed by atoms with Crippen LogP contribution in [0.4, 0.5) is 20.2 Å². The summed E-state index contributed by atoms with van der Waals surface area (Å²) < 4.78 is 31.4. The van der Waals surface area contributed by atoms with Crippen molar-refractivity contribution < 1.29 is 13.6 Å². The SMILES string of the molecule is C[C@@H]1CN(c2c(NC(=O)c3ccc(=O)n(-c4c(F)cccc4F)n3)ccc3nn(C4(C)CCC4)cc23)C[C@@H]1N. The van der Waals surface area contributed by atoms with Gasteiger partial charge in [-0.3, -0.25) is 14.3 Å². The second-order valence-corrected chi connectivity index (χ2v) is 10.9. The van der Waals surface area contributed by atoms with Gasteiger partial charge in [-0.05, 0) is 62.4 Å². The summed E-state index contributed by atoms with van der Waals surface area (Å²) in [5.74, 6) is -2.31. The maximum Gasteiger partial charge on any atom is 0.276 e. The number of halogens is 2. The summed E-state index contributed by atoms with van der Waals surface area (Å²) in [4.78, 5) is 28.0. The molecule has 39 heavy (non-hydrogen) atoms. The van der Waals surface area contributed by atoms with Gasteiger partial charge in [0.25, 0.3) is 11.5 Å². The fourth-order valence-corrected chi connectivity index (χ4v) is 5.46. The summed E-state index contributed by atoms with van der Waals surface area (Å²) in [6.45, 7) is 5.61. The van der Waals surface area contributed by atoms with Crippen LogP contribution in [0.3, 0.4) is 0 Å². The lowest BCUT2D eigenvalue weighted by atomic mass is 9.79. The van der Waals surface area contributed by atoms with Crippen LogP contribution in [0.5, 0.6) is 0 Å². The first kappa shape index (κ1) is 25.2. The molecular weight excluding hydrogens is 504 g/mol.